The molecule has 0 saturated carbocycles. The van der Waals surface area contributed by atoms with Crippen LogP contribution in [0.3, 0.4) is 0 Å². The monoisotopic (exact) mass is 561 g/mol. The zero-order valence-electron chi connectivity index (χ0n) is 19.7. The molecule has 1 unspecified atom stereocenters. The van der Waals surface area contributed by atoms with Crippen molar-refractivity contribution in [3.8, 4) is 5.88 Å². The van der Waals surface area contributed by atoms with Crippen LogP contribution in [-0.4, -0.2) is 62.6 Å². The van der Waals surface area contributed by atoms with Gasteiger partial charge in [-0.05, 0) is 37.5 Å². The van der Waals surface area contributed by atoms with Crippen LogP contribution < -0.4 is 15.4 Å². The molecule has 0 aromatic carbocycles. The molecule has 9 nitrogen and oxygen atoms in total. The van der Waals surface area contributed by atoms with Crippen LogP contribution in [-0.2, 0) is 6.18 Å². The van der Waals surface area contributed by atoms with Crippen LogP contribution in [0.1, 0.15) is 28.2 Å². The van der Waals surface area contributed by atoms with Gasteiger partial charge in [-0.1, -0.05) is 0 Å². The summed E-state index contributed by atoms with van der Waals surface area (Å²) in [7, 11) is 0. The predicted octanol–water partition coefficient (Wildman–Crippen LogP) is 4.91. The van der Waals surface area contributed by atoms with Crippen LogP contribution >= 0.6 is 11.5 Å². The van der Waals surface area contributed by atoms with Gasteiger partial charge in [0.25, 0.3) is 5.91 Å². The molecule has 0 radical (unpaired) electrons. The Kier molecular flexibility index (Phi) is 8.01. The van der Waals surface area contributed by atoms with E-state index in [1.54, 1.807) is 13.0 Å². The summed E-state index contributed by atoms with van der Waals surface area (Å²) in [5.41, 5.74) is -0.251. The molecule has 1 amide bonds. The van der Waals surface area contributed by atoms with Gasteiger partial charge in [-0.15, -0.1) is 0 Å². The van der Waals surface area contributed by atoms with Crippen molar-refractivity contribution >= 4 is 33.9 Å². The van der Waals surface area contributed by atoms with E-state index in [1.165, 1.54) is 17.2 Å². The highest BCUT2D eigenvalue weighted by Crippen LogP contribution is 2.30. The van der Waals surface area contributed by atoms with Crippen LogP contribution in [0.15, 0.2) is 30.7 Å². The minimum Gasteiger partial charge on any atom is -0.477 e. The van der Waals surface area contributed by atoms with Crippen LogP contribution in [0.2, 0.25) is 0 Å². The van der Waals surface area contributed by atoms with Gasteiger partial charge in [0.1, 0.15) is 10.8 Å². The summed E-state index contributed by atoms with van der Waals surface area (Å²) in [4.78, 5) is 25.4. The molecule has 1 saturated heterocycles. The van der Waals surface area contributed by atoms with Gasteiger partial charge in [-0.3, -0.25) is 9.69 Å². The first-order chi connectivity index (χ1) is 17.9. The van der Waals surface area contributed by atoms with Gasteiger partial charge in [0.15, 0.2) is 5.69 Å². The number of halogens is 6. The van der Waals surface area contributed by atoms with Crippen LogP contribution in [0.5, 0.6) is 5.88 Å². The lowest BCUT2D eigenvalue weighted by Gasteiger charge is -2.17. The van der Waals surface area contributed by atoms with Crippen LogP contribution in [0.4, 0.5) is 42.8 Å². The Bertz CT molecular complexity index is 1250. The molecule has 4 rings (SSSR count). The van der Waals surface area contributed by atoms with Crippen molar-refractivity contribution < 1.29 is 35.9 Å². The third-order valence-electron chi connectivity index (χ3n) is 5.51. The second-order valence-corrected chi connectivity index (χ2v) is 9.31. The Hall–Kier alpha value is -3.53. The molecule has 204 valence electrons. The van der Waals surface area contributed by atoms with Gasteiger partial charge in [0.2, 0.25) is 5.88 Å². The molecule has 4 heterocycles. The summed E-state index contributed by atoms with van der Waals surface area (Å²) in [6.07, 6.45) is -5.42. The first-order valence-electron chi connectivity index (χ1n) is 11.2. The van der Waals surface area contributed by atoms with Crippen molar-refractivity contribution in [2.75, 3.05) is 36.9 Å². The number of aromatic nitrogens is 4. The summed E-state index contributed by atoms with van der Waals surface area (Å²) in [6.45, 7) is 1.52. The first kappa shape index (κ1) is 27.5. The maximum atomic E-state index is 12.9. The fourth-order valence-corrected chi connectivity index (χ4v) is 4.56. The normalized spacial score (nSPS) is 16.4. The maximum Gasteiger partial charge on any atom is 0.434 e. The van der Waals surface area contributed by atoms with Gasteiger partial charge in [-0.2, -0.15) is 30.7 Å². The summed E-state index contributed by atoms with van der Waals surface area (Å²) in [6, 6.07) is 3.07. The van der Waals surface area contributed by atoms with E-state index in [-0.39, 0.29) is 41.3 Å². The number of nitrogens with one attached hydrogen (secondary N) is 2. The van der Waals surface area contributed by atoms with E-state index in [1.807, 2.05) is 0 Å². The van der Waals surface area contributed by atoms with E-state index < -0.39 is 30.5 Å². The second-order valence-electron chi connectivity index (χ2n) is 8.54. The maximum absolute atomic E-state index is 12.9. The average molecular weight is 562 g/mol. The van der Waals surface area contributed by atoms with Crippen molar-refractivity contribution in [1.82, 2.24) is 24.2 Å². The van der Waals surface area contributed by atoms with Crippen LogP contribution in [0, 0.1) is 12.8 Å². The predicted molar refractivity (Wildman–Crippen MR) is 125 cm³/mol. The van der Waals surface area contributed by atoms with Crippen molar-refractivity contribution in [2.24, 2.45) is 5.92 Å². The van der Waals surface area contributed by atoms with E-state index in [0.29, 0.717) is 30.5 Å². The Morgan fingerprint density at radius 1 is 1.13 bits per heavy atom. The number of carbonyl (C=O) groups excluding carboxylic acids is 1. The molecule has 1 atom stereocenters. The first-order valence-corrected chi connectivity index (χ1v) is 12.0. The number of likely N-dealkylation sites (tertiary alicyclic amines) is 1. The fourth-order valence-electron chi connectivity index (χ4n) is 3.76. The third-order valence-corrected chi connectivity index (χ3v) is 6.36. The van der Waals surface area contributed by atoms with E-state index in [4.69, 9.17) is 4.74 Å². The van der Waals surface area contributed by atoms with Gasteiger partial charge in [-0.25, -0.2) is 15.0 Å². The minimum absolute atomic E-state index is 0.00246. The molecule has 16 heteroatoms. The molecule has 3 aromatic rings. The number of alkyl halides is 6. The highest BCUT2D eigenvalue weighted by atomic mass is 32.1. The Labute approximate surface area is 216 Å². The standard InChI is InChI=1S/C22H21F6N7O2S/c1-12-18(20(38-34-12)33-16-8-29-15(7-30-16)22(26,27)28)19(36)32-14-2-3-17(31-6-14)37-10-13-4-5-35(9-13)11-21(23,24)25/h2-3,6-8,13H,4-5,9-11H2,1H3,(H,30,33)(H,32,36). The van der Waals surface area contributed by atoms with Crippen molar-refractivity contribution in [3.63, 3.8) is 0 Å². The van der Waals surface area contributed by atoms with Gasteiger partial charge < -0.3 is 15.4 Å². The minimum atomic E-state index is -4.62. The van der Waals surface area contributed by atoms with Gasteiger partial charge in [0, 0.05) is 18.5 Å². The second kappa shape index (κ2) is 11.1. The number of hydrogen-bond acceptors (Lipinski definition) is 9. The fraction of sp³-hybridized carbons (Fsp3) is 0.409. The lowest BCUT2D eigenvalue weighted by molar-refractivity contribution is -0.144. The molecule has 1 fully saturated rings. The molecule has 38 heavy (non-hydrogen) atoms. The highest BCUT2D eigenvalue weighted by molar-refractivity contribution is 7.10. The molecule has 1 aliphatic heterocycles. The molecular weight excluding hydrogens is 540 g/mol. The Morgan fingerprint density at radius 3 is 2.55 bits per heavy atom. The van der Waals surface area contributed by atoms with E-state index in [0.717, 1.165) is 17.7 Å². The topological polar surface area (TPSA) is 105 Å². The van der Waals surface area contributed by atoms with Crippen LogP contribution in [0.25, 0.3) is 0 Å². The molecule has 1 aliphatic rings. The van der Waals surface area contributed by atoms with E-state index >= 15 is 0 Å². The molecular formula is C22H21F6N7O2S. The van der Waals surface area contributed by atoms with Gasteiger partial charge in [0.05, 0.1) is 48.7 Å². The number of aryl methyl sites for hydroxylation is 1. The quantitative estimate of drug-likeness (QED) is 0.374. The molecule has 2 N–H and O–H groups in total. The number of carbonyl (C=O) groups is 1. The van der Waals surface area contributed by atoms with Crippen molar-refractivity contribution in [3.05, 3.63) is 47.7 Å². The number of nitrogens with zero attached hydrogens (tertiary/aromatic N) is 5. The molecule has 0 bridgehead atoms. The molecule has 3 aromatic heterocycles. The van der Waals surface area contributed by atoms with E-state index in [2.05, 4.69) is 30.0 Å². The summed E-state index contributed by atoms with van der Waals surface area (Å²) in [5, 5.41) is 5.69. The highest BCUT2D eigenvalue weighted by Gasteiger charge is 2.35. The summed E-state index contributed by atoms with van der Waals surface area (Å²) >= 11 is 0.930. The number of hydrogen-bond donors (Lipinski definition) is 2. The lowest BCUT2D eigenvalue weighted by Crippen LogP contribution is -2.32. The summed E-state index contributed by atoms with van der Waals surface area (Å²) < 4.78 is 85.4. The SMILES string of the molecule is Cc1nsc(Nc2cnc(C(F)(F)F)cn2)c1C(=O)Nc1ccc(OCC2CCN(CC(F)(F)F)C2)nc1. The van der Waals surface area contributed by atoms with Crippen molar-refractivity contribution in [1.29, 1.82) is 0 Å². The summed E-state index contributed by atoms with van der Waals surface area (Å²) in [5.74, 6) is -0.325. The largest absolute Gasteiger partial charge is 0.477 e. The number of amides is 1. The molecule has 0 aliphatic carbocycles. The average Bonchev–Trinajstić information content (AvgIpc) is 3.43. The number of ether oxygens (including phenoxy) is 1. The van der Waals surface area contributed by atoms with Crippen molar-refractivity contribution in [2.45, 2.75) is 25.7 Å². The third kappa shape index (κ3) is 7.28. The zero-order chi connectivity index (χ0) is 27.5. The smallest absolute Gasteiger partial charge is 0.434 e. The Morgan fingerprint density at radius 2 is 1.92 bits per heavy atom. The molecule has 0 spiro atoms. The Balaban J connectivity index is 1.32. The number of rotatable bonds is 8. The van der Waals surface area contributed by atoms with E-state index in [9.17, 15) is 31.1 Å². The van der Waals surface area contributed by atoms with Gasteiger partial charge >= 0.3 is 12.4 Å². The number of pyridine rings is 1. The lowest BCUT2D eigenvalue weighted by atomic mass is 10.1. The zero-order valence-corrected chi connectivity index (χ0v) is 20.5. The number of anilines is 3.